The summed E-state index contributed by atoms with van der Waals surface area (Å²) in [5, 5.41) is 21.3. The lowest BCUT2D eigenvalue weighted by molar-refractivity contribution is -0.115. The van der Waals surface area contributed by atoms with Crippen molar-refractivity contribution in [2.45, 2.75) is 23.6 Å². The van der Waals surface area contributed by atoms with Crippen LogP contribution in [-0.4, -0.2) is 21.9 Å². The number of benzene rings is 1. The van der Waals surface area contributed by atoms with E-state index in [9.17, 15) is 10.1 Å². The van der Waals surface area contributed by atoms with Crippen molar-refractivity contribution < 1.29 is 4.79 Å². The minimum absolute atomic E-state index is 0.108. The van der Waals surface area contributed by atoms with Gasteiger partial charge in [-0.25, -0.2) is 0 Å². The molecule has 0 unspecified atom stereocenters. The Morgan fingerprint density at radius 1 is 1.30 bits per heavy atom. The maximum atomic E-state index is 12.3. The molecule has 6 nitrogen and oxygen atoms in total. The maximum absolute atomic E-state index is 12.3. The minimum Gasteiger partial charge on any atom is -0.374 e. The molecule has 0 aliphatic heterocycles. The fraction of sp³-hybridized carbons (Fsp3) is 0.222. The summed E-state index contributed by atoms with van der Waals surface area (Å²) in [6.45, 7) is 0. The number of anilines is 2. The van der Waals surface area contributed by atoms with Crippen LogP contribution in [-0.2, 0) is 17.6 Å². The van der Waals surface area contributed by atoms with Crippen LogP contribution in [0.5, 0.6) is 0 Å². The highest BCUT2D eigenvalue weighted by atomic mass is 32.2. The second kappa shape index (κ2) is 7.68. The van der Waals surface area contributed by atoms with Gasteiger partial charge < -0.3 is 11.1 Å². The fourth-order valence-corrected chi connectivity index (χ4v) is 5.97. The predicted octanol–water partition coefficient (Wildman–Crippen LogP) is 3.94. The van der Waals surface area contributed by atoms with Gasteiger partial charge in [-0.2, -0.15) is 5.26 Å². The van der Waals surface area contributed by atoms with Gasteiger partial charge in [-0.3, -0.25) is 4.79 Å². The van der Waals surface area contributed by atoms with Gasteiger partial charge in [0, 0.05) is 17.1 Å². The normalized spacial score (nSPS) is 12.1. The number of nitrogens with zero attached hydrogens (tertiary/aromatic N) is 3. The molecular weight excluding hydrogens is 398 g/mol. The summed E-state index contributed by atoms with van der Waals surface area (Å²) in [4.78, 5) is 13.4. The highest BCUT2D eigenvalue weighted by Gasteiger charge is 2.25. The topological polar surface area (TPSA) is 105 Å². The number of aromatic nitrogens is 2. The number of hydrogen-bond donors (Lipinski definition) is 2. The number of carbonyl (C=O) groups is 1. The predicted molar refractivity (Wildman–Crippen MR) is 110 cm³/mol. The quantitative estimate of drug-likeness (QED) is 0.614. The Morgan fingerprint density at radius 3 is 2.93 bits per heavy atom. The molecular formula is C18H15N5OS3. The Bertz CT molecular complexity index is 1050. The number of nitrogens with two attached hydrogens (primary N) is 1. The smallest absolute Gasteiger partial charge is 0.225 e. The third-order valence-electron chi connectivity index (χ3n) is 4.25. The lowest BCUT2D eigenvalue weighted by atomic mass is 9.90. The summed E-state index contributed by atoms with van der Waals surface area (Å²) in [6.07, 6.45) is 2.08. The van der Waals surface area contributed by atoms with E-state index in [1.807, 2.05) is 12.1 Å². The second-order valence-electron chi connectivity index (χ2n) is 5.94. The molecule has 0 spiro atoms. The third-order valence-corrected chi connectivity index (χ3v) is 7.32. The fourth-order valence-electron chi connectivity index (χ4n) is 3.05. The lowest BCUT2D eigenvalue weighted by Gasteiger charge is -2.15. The molecule has 136 valence electrons. The summed E-state index contributed by atoms with van der Waals surface area (Å²) in [7, 11) is 0. The van der Waals surface area contributed by atoms with Crippen LogP contribution in [0.2, 0.25) is 0 Å². The van der Waals surface area contributed by atoms with E-state index in [0.717, 1.165) is 27.6 Å². The van der Waals surface area contributed by atoms with Crippen molar-refractivity contribution in [3.63, 3.8) is 0 Å². The van der Waals surface area contributed by atoms with Crippen molar-refractivity contribution in [1.82, 2.24) is 10.2 Å². The lowest BCUT2D eigenvalue weighted by Crippen LogP contribution is -2.12. The summed E-state index contributed by atoms with van der Waals surface area (Å²) in [5.74, 6) is 0.472. The molecule has 0 bridgehead atoms. The summed E-state index contributed by atoms with van der Waals surface area (Å²) >= 11 is 4.25. The van der Waals surface area contributed by atoms with E-state index in [4.69, 9.17) is 5.73 Å². The van der Waals surface area contributed by atoms with Gasteiger partial charge in [-0.15, -0.1) is 21.5 Å². The van der Waals surface area contributed by atoms with Gasteiger partial charge in [0.15, 0.2) is 4.34 Å². The van der Waals surface area contributed by atoms with Gasteiger partial charge in [0.05, 0.1) is 5.56 Å². The number of aryl methyl sites for hydroxylation is 1. The van der Waals surface area contributed by atoms with E-state index < -0.39 is 0 Å². The zero-order valence-electron chi connectivity index (χ0n) is 14.2. The highest BCUT2D eigenvalue weighted by molar-refractivity contribution is 8.01. The van der Waals surface area contributed by atoms with Crippen molar-refractivity contribution in [3.05, 3.63) is 41.0 Å². The van der Waals surface area contributed by atoms with Crippen LogP contribution in [0.25, 0.3) is 10.4 Å². The zero-order chi connectivity index (χ0) is 18.8. The molecule has 4 rings (SSSR count). The van der Waals surface area contributed by atoms with Gasteiger partial charge in [0.1, 0.15) is 11.1 Å². The molecule has 2 aromatic heterocycles. The van der Waals surface area contributed by atoms with Crippen LogP contribution in [0.3, 0.4) is 0 Å². The maximum Gasteiger partial charge on any atom is 0.225 e. The summed E-state index contributed by atoms with van der Waals surface area (Å²) in [6, 6.07) is 10.5. The summed E-state index contributed by atoms with van der Waals surface area (Å²) in [5.41, 5.74) is 9.66. The molecule has 27 heavy (non-hydrogen) atoms. The monoisotopic (exact) mass is 413 g/mol. The minimum atomic E-state index is -0.108. The molecule has 2 heterocycles. The van der Waals surface area contributed by atoms with Crippen LogP contribution >= 0.6 is 34.4 Å². The van der Waals surface area contributed by atoms with Gasteiger partial charge in [-0.05, 0) is 29.5 Å². The average Bonchev–Trinajstić information content (AvgIpc) is 3.24. The zero-order valence-corrected chi connectivity index (χ0v) is 16.6. The van der Waals surface area contributed by atoms with Crippen molar-refractivity contribution in [3.8, 4) is 16.5 Å². The number of rotatable bonds is 5. The first kappa shape index (κ1) is 18.0. The van der Waals surface area contributed by atoms with Gasteiger partial charge in [0.2, 0.25) is 11.0 Å². The Morgan fingerprint density at radius 2 is 2.15 bits per heavy atom. The molecule has 0 atom stereocenters. The molecule has 1 amide bonds. The van der Waals surface area contributed by atoms with Crippen LogP contribution in [0.1, 0.15) is 23.1 Å². The number of carbonyl (C=O) groups excluding carboxylic acids is 1. The first-order valence-electron chi connectivity index (χ1n) is 8.31. The Hall–Kier alpha value is -2.41. The van der Waals surface area contributed by atoms with E-state index in [1.54, 1.807) is 0 Å². The number of thiophene rings is 1. The van der Waals surface area contributed by atoms with E-state index >= 15 is 0 Å². The number of hydrogen-bond acceptors (Lipinski definition) is 8. The number of nitrogens with one attached hydrogen (secondary N) is 1. The van der Waals surface area contributed by atoms with Crippen LogP contribution in [0.15, 0.2) is 28.6 Å². The number of nitrogen functional groups attached to an aromatic ring is 1. The summed E-state index contributed by atoms with van der Waals surface area (Å²) < 4.78 is 0.751. The van der Waals surface area contributed by atoms with Crippen molar-refractivity contribution in [2.24, 2.45) is 0 Å². The Kier molecular flexibility index (Phi) is 5.11. The highest BCUT2D eigenvalue weighted by Crippen LogP contribution is 2.44. The molecule has 0 saturated heterocycles. The number of nitriles is 1. The first-order chi connectivity index (χ1) is 13.2. The number of fused-ring (bicyclic) bond motifs is 3. The standard InChI is InChI=1S/C18H15N5OS3/c19-9-13-12-6-5-10-3-1-2-4-11(10)15(12)26-16(13)21-14(24)7-8-25-18-23-22-17(20)27-18/h1-4H,5-8H2,(H2,20,22)(H,21,24). The van der Waals surface area contributed by atoms with E-state index in [-0.39, 0.29) is 5.91 Å². The van der Waals surface area contributed by atoms with Gasteiger partial charge in [0.25, 0.3) is 0 Å². The average molecular weight is 414 g/mol. The molecule has 0 radical (unpaired) electrons. The third kappa shape index (κ3) is 3.69. The number of thioether (sulfide) groups is 1. The SMILES string of the molecule is N#Cc1c(NC(=O)CCSc2nnc(N)s2)sc2c1CCc1ccccc1-2. The van der Waals surface area contributed by atoms with Crippen LogP contribution in [0, 0.1) is 11.3 Å². The van der Waals surface area contributed by atoms with E-state index in [1.165, 1.54) is 45.6 Å². The molecule has 1 aliphatic rings. The van der Waals surface area contributed by atoms with E-state index in [2.05, 4.69) is 33.7 Å². The van der Waals surface area contributed by atoms with Crippen LogP contribution in [0.4, 0.5) is 10.1 Å². The molecule has 1 aromatic carbocycles. The van der Waals surface area contributed by atoms with Gasteiger partial charge in [-0.1, -0.05) is 47.4 Å². The largest absolute Gasteiger partial charge is 0.374 e. The Balaban J connectivity index is 1.47. The van der Waals surface area contributed by atoms with Crippen LogP contribution < -0.4 is 11.1 Å². The van der Waals surface area contributed by atoms with Crippen molar-refractivity contribution in [1.29, 1.82) is 5.26 Å². The number of amides is 1. The first-order valence-corrected chi connectivity index (χ1v) is 10.9. The molecule has 9 heteroatoms. The van der Waals surface area contributed by atoms with E-state index in [0.29, 0.717) is 27.9 Å². The van der Waals surface area contributed by atoms with Gasteiger partial charge >= 0.3 is 0 Å². The molecule has 3 N–H and O–H groups in total. The van der Waals surface area contributed by atoms with Crippen molar-refractivity contribution >= 4 is 50.5 Å². The van der Waals surface area contributed by atoms with Crippen molar-refractivity contribution in [2.75, 3.05) is 16.8 Å². The molecule has 0 saturated carbocycles. The Labute approximate surface area is 168 Å². The molecule has 0 fully saturated rings. The second-order valence-corrected chi connectivity index (χ2v) is 9.31. The molecule has 1 aliphatic carbocycles. The molecule has 3 aromatic rings.